The molecular formula is C11H18N2O5. The standard InChI is InChI=1S/C11H18N2O5/c1-11(9(16)17)3-2-4-13(11)10(18)12-5-7(14)8(15)6-12/h7-8,14-15H,2-6H2,1H3,(H,16,17). The van der Waals surface area contributed by atoms with Crippen molar-refractivity contribution in [2.24, 2.45) is 0 Å². The molecule has 7 nitrogen and oxygen atoms in total. The van der Waals surface area contributed by atoms with Crippen molar-refractivity contribution in [1.29, 1.82) is 0 Å². The molecule has 3 N–H and O–H groups in total. The highest BCUT2D eigenvalue weighted by molar-refractivity contribution is 5.86. The van der Waals surface area contributed by atoms with E-state index in [1.54, 1.807) is 0 Å². The first-order chi connectivity index (χ1) is 8.36. The molecule has 2 fully saturated rings. The Kier molecular flexibility index (Phi) is 3.20. The minimum Gasteiger partial charge on any atom is -0.480 e. The van der Waals surface area contributed by atoms with Gasteiger partial charge < -0.3 is 25.1 Å². The molecule has 2 heterocycles. The van der Waals surface area contributed by atoms with Crippen LogP contribution >= 0.6 is 0 Å². The Bertz CT molecular complexity index is 364. The molecule has 3 atom stereocenters. The third-order valence-electron chi connectivity index (χ3n) is 3.86. The summed E-state index contributed by atoms with van der Waals surface area (Å²) < 4.78 is 0. The molecule has 7 heteroatoms. The maximum Gasteiger partial charge on any atom is 0.329 e. The maximum atomic E-state index is 12.2. The third-order valence-corrected chi connectivity index (χ3v) is 3.86. The van der Waals surface area contributed by atoms with Crippen LogP contribution in [0.3, 0.4) is 0 Å². The van der Waals surface area contributed by atoms with Crippen molar-refractivity contribution in [2.45, 2.75) is 37.5 Å². The molecule has 2 saturated heterocycles. The Hall–Kier alpha value is -1.34. The van der Waals surface area contributed by atoms with E-state index in [2.05, 4.69) is 0 Å². The number of likely N-dealkylation sites (tertiary alicyclic amines) is 2. The predicted octanol–water partition coefficient (Wildman–Crippen LogP) is -0.917. The van der Waals surface area contributed by atoms with Gasteiger partial charge in [0.15, 0.2) is 0 Å². The van der Waals surface area contributed by atoms with Gasteiger partial charge in [0.1, 0.15) is 5.54 Å². The molecule has 2 aliphatic heterocycles. The van der Waals surface area contributed by atoms with Crippen LogP contribution in [0.5, 0.6) is 0 Å². The Morgan fingerprint density at radius 2 is 1.78 bits per heavy atom. The van der Waals surface area contributed by atoms with Crippen molar-refractivity contribution in [3.05, 3.63) is 0 Å². The second kappa shape index (κ2) is 4.40. The number of aliphatic hydroxyl groups excluding tert-OH is 2. The quantitative estimate of drug-likeness (QED) is 0.565. The minimum atomic E-state index is -1.18. The number of β-amino-alcohol motifs (C(OH)–C–C–N with tert-alkyl or cyclic N) is 2. The third kappa shape index (κ3) is 1.93. The molecule has 0 saturated carbocycles. The average Bonchev–Trinajstić information content (AvgIpc) is 2.84. The number of urea groups is 1. The van der Waals surface area contributed by atoms with Crippen LogP contribution in [0.15, 0.2) is 0 Å². The normalized spacial score (nSPS) is 36.2. The fourth-order valence-electron chi connectivity index (χ4n) is 2.59. The van der Waals surface area contributed by atoms with Gasteiger partial charge in [-0.25, -0.2) is 9.59 Å². The zero-order valence-corrected chi connectivity index (χ0v) is 10.2. The number of aliphatic carboxylic acids is 1. The Morgan fingerprint density at radius 1 is 1.22 bits per heavy atom. The summed E-state index contributed by atoms with van der Waals surface area (Å²) in [6, 6.07) is -0.423. The first-order valence-electron chi connectivity index (χ1n) is 6.02. The molecule has 2 amide bonds. The van der Waals surface area contributed by atoms with Crippen LogP contribution < -0.4 is 0 Å². The molecule has 2 aliphatic rings. The lowest BCUT2D eigenvalue weighted by molar-refractivity contribution is -0.147. The van der Waals surface area contributed by atoms with Crippen molar-refractivity contribution in [3.8, 4) is 0 Å². The van der Waals surface area contributed by atoms with E-state index in [-0.39, 0.29) is 13.1 Å². The smallest absolute Gasteiger partial charge is 0.329 e. The summed E-state index contributed by atoms with van der Waals surface area (Å²) in [5.74, 6) is -1.02. The number of amides is 2. The van der Waals surface area contributed by atoms with E-state index in [1.807, 2.05) is 0 Å². The molecule has 0 radical (unpaired) electrons. The van der Waals surface area contributed by atoms with Gasteiger partial charge in [-0.15, -0.1) is 0 Å². The van der Waals surface area contributed by atoms with Gasteiger partial charge in [0.2, 0.25) is 0 Å². The van der Waals surface area contributed by atoms with Gasteiger partial charge in [0.25, 0.3) is 0 Å². The SMILES string of the molecule is CC1(C(=O)O)CCCN1C(=O)N1CC(O)C(O)C1. The second-order valence-corrected chi connectivity index (χ2v) is 5.16. The topological polar surface area (TPSA) is 101 Å². The predicted molar refractivity (Wildman–Crippen MR) is 61.0 cm³/mol. The molecule has 2 rings (SSSR count). The van der Waals surface area contributed by atoms with Crippen LogP contribution in [0.1, 0.15) is 19.8 Å². The molecular weight excluding hydrogens is 240 g/mol. The van der Waals surface area contributed by atoms with Crippen molar-refractivity contribution < 1.29 is 24.9 Å². The van der Waals surface area contributed by atoms with Gasteiger partial charge in [0.05, 0.1) is 25.3 Å². The lowest BCUT2D eigenvalue weighted by Gasteiger charge is -2.34. The molecule has 102 valence electrons. The van der Waals surface area contributed by atoms with Crippen LogP contribution in [0.4, 0.5) is 4.79 Å². The minimum absolute atomic E-state index is 0.0478. The molecule has 0 bridgehead atoms. The molecule has 18 heavy (non-hydrogen) atoms. The number of carbonyl (C=O) groups excluding carboxylic acids is 1. The summed E-state index contributed by atoms with van der Waals surface area (Å²) in [7, 11) is 0. The van der Waals surface area contributed by atoms with E-state index in [1.165, 1.54) is 16.7 Å². The number of carbonyl (C=O) groups is 2. The van der Waals surface area contributed by atoms with Crippen LogP contribution in [0.2, 0.25) is 0 Å². The van der Waals surface area contributed by atoms with Crippen LogP contribution in [0, 0.1) is 0 Å². The van der Waals surface area contributed by atoms with E-state index in [0.717, 1.165) is 0 Å². The van der Waals surface area contributed by atoms with E-state index in [4.69, 9.17) is 0 Å². The zero-order chi connectivity index (χ0) is 13.5. The van der Waals surface area contributed by atoms with Gasteiger partial charge in [-0.05, 0) is 19.8 Å². The molecule has 0 aromatic rings. The van der Waals surface area contributed by atoms with Crippen LogP contribution in [-0.2, 0) is 4.79 Å². The van der Waals surface area contributed by atoms with E-state index >= 15 is 0 Å². The van der Waals surface area contributed by atoms with Gasteiger partial charge >= 0.3 is 12.0 Å². The number of carboxylic acid groups (broad SMARTS) is 1. The highest BCUT2D eigenvalue weighted by Gasteiger charge is 2.48. The first kappa shape index (κ1) is 13.1. The largest absolute Gasteiger partial charge is 0.480 e. The van der Waals surface area contributed by atoms with Gasteiger partial charge in [-0.1, -0.05) is 0 Å². The molecule has 0 aromatic carbocycles. The number of hydrogen-bond acceptors (Lipinski definition) is 4. The lowest BCUT2D eigenvalue weighted by atomic mass is 10.00. The summed E-state index contributed by atoms with van der Waals surface area (Å²) in [5, 5.41) is 28.1. The van der Waals surface area contributed by atoms with Crippen molar-refractivity contribution in [3.63, 3.8) is 0 Å². The Balaban J connectivity index is 2.12. The summed E-state index contributed by atoms with van der Waals surface area (Å²) in [4.78, 5) is 26.1. The van der Waals surface area contributed by atoms with E-state index < -0.39 is 29.7 Å². The fourth-order valence-corrected chi connectivity index (χ4v) is 2.59. The number of hydrogen-bond donors (Lipinski definition) is 3. The van der Waals surface area contributed by atoms with Crippen LogP contribution in [0.25, 0.3) is 0 Å². The molecule has 0 spiro atoms. The van der Waals surface area contributed by atoms with Crippen LogP contribution in [-0.4, -0.2) is 74.5 Å². The highest BCUT2D eigenvalue weighted by atomic mass is 16.4. The monoisotopic (exact) mass is 258 g/mol. The Labute approximate surface area is 105 Å². The van der Waals surface area contributed by atoms with E-state index in [9.17, 15) is 24.9 Å². The number of rotatable bonds is 1. The Morgan fingerprint density at radius 3 is 2.28 bits per heavy atom. The molecule has 0 aliphatic carbocycles. The number of aliphatic hydroxyl groups is 2. The average molecular weight is 258 g/mol. The second-order valence-electron chi connectivity index (χ2n) is 5.16. The van der Waals surface area contributed by atoms with Crippen molar-refractivity contribution in [1.82, 2.24) is 9.80 Å². The number of nitrogens with zero attached hydrogens (tertiary/aromatic N) is 2. The highest BCUT2D eigenvalue weighted by Crippen LogP contribution is 2.31. The molecule has 3 unspecified atom stereocenters. The first-order valence-corrected chi connectivity index (χ1v) is 6.02. The van der Waals surface area contributed by atoms with Crippen molar-refractivity contribution >= 4 is 12.0 Å². The van der Waals surface area contributed by atoms with Gasteiger partial charge in [-0.2, -0.15) is 0 Å². The van der Waals surface area contributed by atoms with E-state index in [0.29, 0.717) is 19.4 Å². The zero-order valence-electron chi connectivity index (χ0n) is 10.2. The van der Waals surface area contributed by atoms with Gasteiger partial charge in [0, 0.05) is 6.54 Å². The summed E-state index contributed by atoms with van der Waals surface area (Å²) in [5.41, 5.74) is -1.18. The summed E-state index contributed by atoms with van der Waals surface area (Å²) in [6.07, 6.45) is -0.833. The summed E-state index contributed by atoms with van der Waals surface area (Å²) in [6.45, 7) is 2.02. The lowest BCUT2D eigenvalue weighted by Crippen LogP contribution is -2.54. The van der Waals surface area contributed by atoms with Gasteiger partial charge in [-0.3, -0.25) is 0 Å². The van der Waals surface area contributed by atoms with Crippen molar-refractivity contribution in [2.75, 3.05) is 19.6 Å². The fraction of sp³-hybridized carbons (Fsp3) is 0.818. The molecule has 0 aromatic heterocycles. The maximum absolute atomic E-state index is 12.2. The summed E-state index contributed by atoms with van der Waals surface area (Å²) >= 11 is 0. The number of carboxylic acids is 1.